The van der Waals surface area contributed by atoms with E-state index in [4.69, 9.17) is 16.3 Å². The molecule has 1 heterocycles. The van der Waals surface area contributed by atoms with Gasteiger partial charge in [-0.2, -0.15) is 9.41 Å². The molecule has 7 nitrogen and oxygen atoms in total. The summed E-state index contributed by atoms with van der Waals surface area (Å²) in [5, 5.41) is 4.41. The number of hydrazone groups is 1. The van der Waals surface area contributed by atoms with Gasteiger partial charge in [0.1, 0.15) is 11.8 Å². The molecule has 1 fully saturated rings. The maximum absolute atomic E-state index is 12.9. The highest BCUT2D eigenvalue weighted by Crippen LogP contribution is 2.27. The van der Waals surface area contributed by atoms with E-state index in [1.165, 1.54) is 34.8 Å². The fourth-order valence-electron chi connectivity index (χ4n) is 3.09. The van der Waals surface area contributed by atoms with Crippen LogP contribution in [-0.2, 0) is 14.8 Å². The van der Waals surface area contributed by atoms with Gasteiger partial charge in [-0.05, 0) is 73.9 Å². The SMILES string of the molecule is CCOc1ccc(/C=N\NC(=O)[C@H]2CCCN2S(=O)(=O)c2ccc(Cl)cc2)cc1. The van der Waals surface area contributed by atoms with Gasteiger partial charge in [0.15, 0.2) is 0 Å². The van der Waals surface area contributed by atoms with Crippen LogP contribution >= 0.6 is 11.6 Å². The molecule has 9 heteroatoms. The number of rotatable bonds is 7. The van der Waals surface area contributed by atoms with Crippen molar-refractivity contribution >= 4 is 33.7 Å². The molecule has 0 radical (unpaired) electrons. The van der Waals surface area contributed by atoms with Crippen LogP contribution in [0.15, 0.2) is 58.5 Å². The van der Waals surface area contributed by atoms with Gasteiger partial charge in [0.2, 0.25) is 10.0 Å². The number of hydrogen-bond donors (Lipinski definition) is 1. The van der Waals surface area contributed by atoms with Crippen molar-refractivity contribution in [3.63, 3.8) is 0 Å². The number of amides is 1. The zero-order valence-corrected chi connectivity index (χ0v) is 17.5. The third kappa shape index (κ3) is 5.14. The molecule has 0 bridgehead atoms. The Hall–Kier alpha value is -2.42. The van der Waals surface area contributed by atoms with Crippen LogP contribution in [0.25, 0.3) is 0 Å². The number of halogens is 1. The van der Waals surface area contributed by atoms with Crippen LogP contribution in [0.5, 0.6) is 5.75 Å². The Morgan fingerprint density at radius 1 is 1.24 bits per heavy atom. The second-order valence-corrected chi connectivity index (χ2v) is 8.79. The second-order valence-electron chi connectivity index (χ2n) is 6.46. The molecule has 0 spiro atoms. The van der Waals surface area contributed by atoms with Crippen molar-refractivity contribution in [1.29, 1.82) is 0 Å². The largest absolute Gasteiger partial charge is 0.494 e. The summed E-state index contributed by atoms with van der Waals surface area (Å²) in [7, 11) is -3.79. The first-order valence-electron chi connectivity index (χ1n) is 9.25. The van der Waals surface area contributed by atoms with Gasteiger partial charge in [-0.1, -0.05) is 11.6 Å². The molecule has 1 atom stereocenters. The van der Waals surface area contributed by atoms with Crippen molar-refractivity contribution < 1.29 is 17.9 Å². The summed E-state index contributed by atoms with van der Waals surface area (Å²) in [6.45, 7) is 2.77. The number of benzene rings is 2. The average molecular weight is 436 g/mol. The summed E-state index contributed by atoms with van der Waals surface area (Å²) in [6.07, 6.45) is 2.55. The molecule has 0 aromatic heterocycles. The summed E-state index contributed by atoms with van der Waals surface area (Å²) in [6, 6.07) is 12.4. The Balaban J connectivity index is 1.66. The Morgan fingerprint density at radius 2 is 1.93 bits per heavy atom. The predicted octanol–water partition coefficient (Wildman–Crippen LogP) is 3.04. The van der Waals surface area contributed by atoms with Crippen LogP contribution < -0.4 is 10.2 Å². The molecule has 1 aliphatic rings. The molecule has 3 rings (SSSR count). The van der Waals surface area contributed by atoms with Crippen LogP contribution in [0.2, 0.25) is 5.02 Å². The first-order valence-corrected chi connectivity index (χ1v) is 11.1. The number of nitrogens with one attached hydrogen (secondary N) is 1. The fourth-order valence-corrected chi connectivity index (χ4v) is 4.88. The monoisotopic (exact) mass is 435 g/mol. The van der Waals surface area contributed by atoms with E-state index in [-0.39, 0.29) is 11.4 Å². The van der Waals surface area contributed by atoms with Gasteiger partial charge in [-0.3, -0.25) is 4.79 Å². The van der Waals surface area contributed by atoms with Gasteiger partial charge in [0.25, 0.3) is 5.91 Å². The Kier molecular flexibility index (Phi) is 6.89. The highest BCUT2D eigenvalue weighted by molar-refractivity contribution is 7.89. The van der Waals surface area contributed by atoms with E-state index in [2.05, 4.69) is 10.5 Å². The minimum Gasteiger partial charge on any atom is -0.494 e. The molecule has 1 amide bonds. The molecule has 0 aliphatic carbocycles. The third-order valence-corrected chi connectivity index (χ3v) is 6.68. The van der Waals surface area contributed by atoms with E-state index in [1.807, 2.05) is 31.2 Å². The predicted molar refractivity (Wildman–Crippen MR) is 112 cm³/mol. The Labute approximate surface area is 175 Å². The molecule has 0 unspecified atom stereocenters. The summed E-state index contributed by atoms with van der Waals surface area (Å²) in [5.41, 5.74) is 3.23. The molecule has 1 saturated heterocycles. The first kappa shape index (κ1) is 21.3. The number of ether oxygens (including phenoxy) is 1. The number of carbonyl (C=O) groups is 1. The molecule has 154 valence electrons. The summed E-state index contributed by atoms with van der Waals surface area (Å²) in [5.74, 6) is 0.296. The fraction of sp³-hybridized carbons (Fsp3) is 0.300. The van der Waals surface area contributed by atoms with Gasteiger partial charge in [-0.25, -0.2) is 13.8 Å². The van der Waals surface area contributed by atoms with Gasteiger partial charge >= 0.3 is 0 Å². The van der Waals surface area contributed by atoms with E-state index in [0.717, 1.165) is 11.3 Å². The Morgan fingerprint density at radius 3 is 2.59 bits per heavy atom. The topological polar surface area (TPSA) is 88.1 Å². The summed E-state index contributed by atoms with van der Waals surface area (Å²) < 4.78 is 32.4. The molecule has 1 aliphatic heterocycles. The van der Waals surface area contributed by atoms with Crippen LogP contribution in [0.1, 0.15) is 25.3 Å². The quantitative estimate of drug-likeness (QED) is 0.534. The van der Waals surface area contributed by atoms with E-state index < -0.39 is 22.0 Å². The molecule has 29 heavy (non-hydrogen) atoms. The normalized spacial score (nSPS) is 17.5. The lowest BCUT2D eigenvalue weighted by atomic mass is 10.2. The van der Waals surface area contributed by atoms with Crippen LogP contribution in [0, 0.1) is 0 Å². The minimum absolute atomic E-state index is 0.111. The zero-order chi connectivity index (χ0) is 20.9. The highest BCUT2D eigenvalue weighted by atomic mass is 35.5. The van der Waals surface area contributed by atoms with Crippen molar-refractivity contribution in [2.24, 2.45) is 5.10 Å². The number of hydrogen-bond acceptors (Lipinski definition) is 5. The number of carbonyl (C=O) groups excluding carboxylic acids is 1. The van der Waals surface area contributed by atoms with Crippen LogP contribution in [0.3, 0.4) is 0 Å². The lowest BCUT2D eigenvalue weighted by Crippen LogP contribution is -2.44. The minimum atomic E-state index is -3.79. The second kappa shape index (κ2) is 9.39. The zero-order valence-electron chi connectivity index (χ0n) is 15.9. The summed E-state index contributed by atoms with van der Waals surface area (Å²) >= 11 is 5.84. The molecule has 2 aromatic carbocycles. The van der Waals surface area contributed by atoms with Crippen molar-refractivity contribution in [2.45, 2.75) is 30.7 Å². The van der Waals surface area contributed by atoms with Crippen molar-refractivity contribution in [3.8, 4) is 5.75 Å². The van der Waals surface area contributed by atoms with Crippen molar-refractivity contribution in [1.82, 2.24) is 9.73 Å². The van der Waals surface area contributed by atoms with Crippen molar-refractivity contribution in [3.05, 3.63) is 59.1 Å². The van der Waals surface area contributed by atoms with Gasteiger partial charge in [-0.15, -0.1) is 0 Å². The first-order chi connectivity index (χ1) is 13.9. The average Bonchev–Trinajstić information content (AvgIpc) is 3.21. The van der Waals surface area contributed by atoms with Gasteiger partial charge < -0.3 is 4.74 Å². The summed E-state index contributed by atoms with van der Waals surface area (Å²) in [4.78, 5) is 12.7. The standard InChI is InChI=1S/C20H22ClN3O4S/c1-2-28-17-9-5-15(6-10-17)14-22-23-20(25)19-4-3-13-24(19)29(26,27)18-11-7-16(21)8-12-18/h5-12,14,19H,2-4,13H2,1H3,(H,23,25)/b22-14-/t19-/m1/s1. The van der Waals surface area contributed by atoms with Crippen molar-refractivity contribution in [2.75, 3.05) is 13.2 Å². The number of nitrogens with zero attached hydrogens (tertiary/aromatic N) is 2. The lowest BCUT2D eigenvalue weighted by molar-refractivity contribution is -0.124. The molecular formula is C20H22ClN3O4S. The molecule has 0 saturated carbocycles. The lowest BCUT2D eigenvalue weighted by Gasteiger charge is -2.22. The van der Waals surface area contributed by atoms with E-state index >= 15 is 0 Å². The van der Waals surface area contributed by atoms with E-state index in [1.54, 1.807) is 0 Å². The molecular weight excluding hydrogens is 414 g/mol. The van der Waals surface area contributed by atoms with Gasteiger partial charge in [0.05, 0.1) is 17.7 Å². The Bertz CT molecular complexity index is 976. The van der Waals surface area contributed by atoms with E-state index in [9.17, 15) is 13.2 Å². The highest BCUT2D eigenvalue weighted by Gasteiger charge is 2.39. The van der Waals surface area contributed by atoms with Crippen LogP contribution in [-0.4, -0.2) is 44.0 Å². The van der Waals surface area contributed by atoms with Crippen LogP contribution in [0.4, 0.5) is 0 Å². The third-order valence-electron chi connectivity index (χ3n) is 4.51. The number of sulfonamides is 1. The maximum atomic E-state index is 12.9. The molecule has 2 aromatic rings. The maximum Gasteiger partial charge on any atom is 0.258 e. The smallest absolute Gasteiger partial charge is 0.258 e. The van der Waals surface area contributed by atoms with Gasteiger partial charge in [0, 0.05) is 11.6 Å². The van der Waals surface area contributed by atoms with E-state index in [0.29, 0.717) is 24.5 Å². The molecule has 1 N–H and O–H groups in total.